The number of carbonyl (C=O) groups excluding carboxylic acids is 2. The average molecular weight is 566 g/mol. The second-order valence-corrected chi connectivity index (χ2v) is 9.43. The first-order valence-electron chi connectivity index (χ1n) is 12.3. The minimum absolute atomic E-state index is 0.0298. The Hall–Kier alpha value is -5.07. The van der Waals surface area contributed by atoms with Crippen molar-refractivity contribution in [3.63, 3.8) is 0 Å². The van der Waals surface area contributed by atoms with E-state index < -0.39 is 29.5 Å². The first kappa shape index (κ1) is 28.9. The number of amides is 2. The second-order valence-electron chi connectivity index (χ2n) is 9.43. The first-order valence-corrected chi connectivity index (χ1v) is 12.3. The SMILES string of the molecule is C[C@H](Cc1cc(C(N)=O)nc(-c2ccc(Oc3ccc(C(F)(F)F)cc3-c3cnc(N(C)C)cn3)cc2)n1)C(N)=O. The number of ether oxygens (including phenoxy) is 1. The minimum atomic E-state index is -4.57. The fourth-order valence-corrected chi connectivity index (χ4v) is 3.76. The van der Waals surface area contributed by atoms with Crippen LogP contribution in [-0.2, 0) is 17.4 Å². The van der Waals surface area contributed by atoms with Gasteiger partial charge in [-0.05, 0) is 48.5 Å². The van der Waals surface area contributed by atoms with Crippen LogP contribution in [0.4, 0.5) is 19.0 Å². The molecule has 0 aliphatic carbocycles. The molecular formula is C28H26F3N7O3. The van der Waals surface area contributed by atoms with E-state index in [9.17, 15) is 22.8 Å². The molecule has 0 saturated carbocycles. The Bertz CT molecular complexity index is 1570. The number of nitrogens with zero attached hydrogens (tertiary/aromatic N) is 5. The molecule has 41 heavy (non-hydrogen) atoms. The van der Waals surface area contributed by atoms with Crippen LogP contribution in [0.1, 0.15) is 28.7 Å². The molecule has 2 heterocycles. The van der Waals surface area contributed by atoms with Crippen LogP contribution in [0.15, 0.2) is 60.9 Å². The van der Waals surface area contributed by atoms with E-state index in [0.29, 0.717) is 22.8 Å². The second kappa shape index (κ2) is 11.6. The predicted molar refractivity (Wildman–Crippen MR) is 145 cm³/mol. The number of alkyl halides is 3. The third-order valence-electron chi connectivity index (χ3n) is 6.05. The molecule has 0 spiro atoms. The zero-order valence-electron chi connectivity index (χ0n) is 22.3. The van der Waals surface area contributed by atoms with Crippen molar-refractivity contribution in [3.05, 3.63) is 77.9 Å². The summed E-state index contributed by atoms with van der Waals surface area (Å²) in [6.45, 7) is 1.64. The molecule has 2 amide bonds. The molecule has 0 saturated heterocycles. The molecule has 0 fully saturated rings. The van der Waals surface area contributed by atoms with Crippen LogP contribution >= 0.6 is 0 Å². The van der Waals surface area contributed by atoms with Crippen molar-refractivity contribution in [1.82, 2.24) is 19.9 Å². The maximum Gasteiger partial charge on any atom is 0.416 e. The summed E-state index contributed by atoms with van der Waals surface area (Å²) in [5.41, 5.74) is 11.1. The lowest BCUT2D eigenvalue weighted by molar-refractivity contribution is -0.137. The van der Waals surface area contributed by atoms with Crippen LogP contribution in [0.5, 0.6) is 11.5 Å². The number of benzene rings is 2. The van der Waals surface area contributed by atoms with Gasteiger partial charge in [-0.15, -0.1) is 0 Å². The topological polar surface area (TPSA) is 150 Å². The summed E-state index contributed by atoms with van der Waals surface area (Å²) in [5.74, 6) is -0.656. The number of aromatic nitrogens is 4. The molecule has 4 rings (SSSR count). The highest BCUT2D eigenvalue weighted by atomic mass is 19.4. The maximum absolute atomic E-state index is 13.5. The summed E-state index contributed by atoms with van der Waals surface area (Å²) >= 11 is 0. The van der Waals surface area contributed by atoms with Crippen molar-refractivity contribution in [2.24, 2.45) is 17.4 Å². The van der Waals surface area contributed by atoms with Gasteiger partial charge in [-0.25, -0.2) is 15.0 Å². The van der Waals surface area contributed by atoms with Gasteiger partial charge in [0, 0.05) is 43.3 Å². The smallest absolute Gasteiger partial charge is 0.416 e. The van der Waals surface area contributed by atoms with E-state index in [-0.39, 0.29) is 34.9 Å². The molecule has 212 valence electrons. The molecule has 0 unspecified atom stereocenters. The molecule has 0 aliphatic heterocycles. The Balaban J connectivity index is 1.66. The molecule has 10 nitrogen and oxygen atoms in total. The maximum atomic E-state index is 13.5. The molecule has 4 aromatic rings. The molecule has 1 atom stereocenters. The van der Waals surface area contributed by atoms with Crippen LogP contribution in [0.2, 0.25) is 0 Å². The molecular weight excluding hydrogens is 539 g/mol. The van der Waals surface area contributed by atoms with Gasteiger partial charge in [0.2, 0.25) is 5.91 Å². The van der Waals surface area contributed by atoms with Crippen molar-refractivity contribution < 1.29 is 27.5 Å². The van der Waals surface area contributed by atoms with E-state index >= 15 is 0 Å². The Kier molecular flexibility index (Phi) is 8.17. The highest BCUT2D eigenvalue weighted by Gasteiger charge is 2.31. The molecule has 13 heteroatoms. The molecule has 0 aliphatic rings. The monoisotopic (exact) mass is 565 g/mol. The fraction of sp³-hybridized carbons (Fsp3) is 0.214. The number of nitrogens with two attached hydrogens (primary N) is 2. The fourth-order valence-electron chi connectivity index (χ4n) is 3.76. The van der Waals surface area contributed by atoms with E-state index in [2.05, 4.69) is 19.9 Å². The van der Waals surface area contributed by atoms with Gasteiger partial charge in [0.1, 0.15) is 23.0 Å². The van der Waals surface area contributed by atoms with Crippen LogP contribution in [0.3, 0.4) is 0 Å². The quantitative estimate of drug-likeness (QED) is 0.306. The van der Waals surface area contributed by atoms with E-state index in [1.807, 2.05) is 0 Å². The van der Waals surface area contributed by atoms with E-state index in [1.54, 1.807) is 50.2 Å². The van der Waals surface area contributed by atoms with Gasteiger partial charge in [0.05, 0.1) is 23.7 Å². The van der Waals surface area contributed by atoms with E-state index in [4.69, 9.17) is 16.2 Å². The number of halogens is 3. The number of rotatable bonds is 9. The third kappa shape index (κ3) is 6.93. The zero-order chi connectivity index (χ0) is 29.9. The van der Waals surface area contributed by atoms with Gasteiger partial charge < -0.3 is 21.1 Å². The summed E-state index contributed by atoms with van der Waals surface area (Å²) in [7, 11) is 3.54. The van der Waals surface area contributed by atoms with Gasteiger partial charge in [0.15, 0.2) is 5.82 Å². The Morgan fingerprint density at radius 2 is 1.68 bits per heavy atom. The van der Waals surface area contributed by atoms with Gasteiger partial charge >= 0.3 is 6.18 Å². The lowest BCUT2D eigenvalue weighted by Crippen LogP contribution is -2.23. The number of anilines is 1. The number of hydrogen-bond donors (Lipinski definition) is 2. The van der Waals surface area contributed by atoms with Crippen LogP contribution in [0.25, 0.3) is 22.6 Å². The van der Waals surface area contributed by atoms with Crippen LogP contribution < -0.4 is 21.1 Å². The Morgan fingerprint density at radius 3 is 2.24 bits per heavy atom. The minimum Gasteiger partial charge on any atom is -0.457 e. The first-order chi connectivity index (χ1) is 19.3. The summed E-state index contributed by atoms with van der Waals surface area (Å²) in [5, 5.41) is 0. The van der Waals surface area contributed by atoms with Crippen molar-refractivity contribution in [2.45, 2.75) is 19.5 Å². The summed E-state index contributed by atoms with van der Waals surface area (Å²) in [6.07, 6.45) is -1.56. The summed E-state index contributed by atoms with van der Waals surface area (Å²) in [4.78, 5) is 42.2. The zero-order valence-corrected chi connectivity index (χ0v) is 22.3. The van der Waals surface area contributed by atoms with Crippen molar-refractivity contribution in [2.75, 3.05) is 19.0 Å². The predicted octanol–water partition coefficient (Wildman–Crippen LogP) is 4.24. The van der Waals surface area contributed by atoms with Gasteiger partial charge in [-0.1, -0.05) is 6.92 Å². The van der Waals surface area contributed by atoms with Crippen molar-refractivity contribution in [1.29, 1.82) is 0 Å². The standard InChI is InChI=1S/C28H26F3N7O3/c1-15(25(32)39)10-18-12-21(26(33)40)37-27(36-18)16-4-7-19(8-5-16)41-23-9-6-17(28(29,30)31)11-20(23)22-13-35-24(14-34-22)38(2)3/h4-9,11-15H,10H2,1-3H3,(H2,32,39)(H2,33,40)/t15-/m1/s1. The molecule has 2 aromatic carbocycles. The largest absolute Gasteiger partial charge is 0.457 e. The van der Waals surface area contributed by atoms with Gasteiger partial charge in [0.25, 0.3) is 5.91 Å². The van der Waals surface area contributed by atoms with Gasteiger partial charge in [-0.2, -0.15) is 13.2 Å². The molecule has 0 radical (unpaired) electrons. The van der Waals surface area contributed by atoms with Crippen LogP contribution in [0, 0.1) is 5.92 Å². The lowest BCUT2D eigenvalue weighted by atomic mass is 10.0. The molecule has 0 bridgehead atoms. The number of hydrogen-bond acceptors (Lipinski definition) is 8. The van der Waals surface area contributed by atoms with Crippen molar-refractivity contribution in [3.8, 4) is 34.1 Å². The van der Waals surface area contributed by atoms with Crippen molar-refractivity contribution >= 4 is 17.6 Å². The summed E-state index contributed by atoms with van der Waals surface area (Å²) in [6, 6.07) is 10.9. The van der Waals surface area contributed by atoms with E-state index in [1.165, 1.54) is 24.5 Å². The lowest BCUT2D eigenvalue weighted by Gasteiger charge is -2.15. The summed E-state index contributed by atoms with van der Waals surface area (Å²) < 4.78 is 46.4. The molecule has 4 N–H and O–H groups in total. The molecule has 2 aromatic heterocycles. The van der Waals surface area contributed by atoms with E-state index in [0.717, 1.165) is 12.1 Å². The van der Waals surface area contributed by atoms with Crippen LogP contribution in [-0.4, -0.2) is 45.8 Å². The Labute approximate surface area is 233 Å². The average Bonchev–Trinajstić information content (AvgIpc) is 2.93. The highest BCUT2D eigenvalue weighted by Crippen LogP contribution is 2.38. The third-order valence-corrected chi connectivity index (χ3v) is 6.05. The Morgan fingerprint density at radius 1 is 0.976 bits per heavy atom. The normalized spacial score (nSPS) is 12.0. The number of primary amides is 2. The highest BCUT2D eigenvalue weighted by molar-refractivity contribution is 5.91. The number of carbonyl (C=O) groups is 2. The van der Waals surface area contributed by atoms with Gasteiger partial charge in [-0.3, -0.25) is 14.6 Å².